The van der Waals surface area contributed by atoms with Crippen molar-refractivity contribution in [2.75, 3.05) is 19.7 Å². The Morgan fingerprint density at radius 2 is 1.96 bits per heavy atom. The lowest BCUT2D eigenvalue weighted by Crippen LogP contribution is -2.59. The second-order valence-electron chi connectivity index (χ2n) is 7.77. The van der Waals surface area contributed by atoms with Crippen molar-refractivity contribution in [1.29, 1.82) is 0 Å². The summed E-state index contributed by atoms with van der Waals surface area (Å²) in [6.07, 6.45) is 2.19. The summed E-state index contributed by atoms with van der Waals surface area (Å²) in [7, 11) is 0. The molecule has 0 radical (unpaired) electrons. The normalized spacial score (nSPS) is 27.7. The smallest absolute Gasteiger partial charge is 0.259 e. The molecule has 2 N–H and O–H groups in total. The molecule has 27 heavy (non-hydrogen) atoms. The number of carbonyl (C=O) groups is 1. The largest absolute Gasteiger partial charge is 0.388 e. The van der Waals surface area contributed by atoms with E-state index in [-0.39, 0.29) is 12.5 Å². The Morgan fingerprint density at radius 3 is 2.63 bits per heavy atom. The van der Waals surface area contributed by atoms with Gasteiger partial charge in [0.1, 0.15) is 11.7 Å². The number of piperidine rings is 1. The van der Waals surface area contributed by atoms with Crippen LogP contribution in [0.5, 0.6) is 0 Å². The van der Waals surface area contributed by atoms with Crippen molar-refractivity contribution < 1.29 is 24.3 Å². The first-order valence-corrected chi connectivity index (χ1v) is 9.24. The molecular formula is C20H24N2O5. The molecule has 2 aliphatic rings. The molecule has 2 fully saturated rings. The fourth-order valence-corrected chi connectivity index (χ4v) is 4.05. The van der Waals surface area contributed by atoms with Crippen LogP contribution in [-0.4, -0.2) is 63.2 Å². The minimum Gasteiger partial charge on any atom is -0.388 e. The van der Waals surface area contributed by atoms with Crippen LogP contribution < -0.4 is 0 Å². The number of aromatic nitrogens is 1. The van der Waals surface area contributed by atoms with Gasteiger partial charge in [-0.1, -0.05) is 35.5 Å². The molecule has 0 aliphatic carbocycles. The molecule has 2 atom stereocenters. The molecule has 2 saturated heterocycles. The van der Waals surface area contributed by atoms with Gasteiger partial charge in [0.05, 0.1) is 24.0 Å². The zero-order chi connectivity index (χ0) is 19.1. The van der Waals surface area contributed by atoms with Gasteiger partial charge in [-0.2, -0.15) is 0 Å². The van der Waals surface area contributed by atoms with Crippen LogP contribution in [0.2, 0.25) is 0 Å². The van der Waals surface area contributed by atoms with Crippen molar-refractivity contribution in [3.63, 3.8) is 0 Å². The maximum Gasteiger partial charge on any atom is 0.259 e. The van der Waals surface area contributed by atoms with Crippen LogP contribution in [0.3, 0.4) is 0 Å². The molecule has 144 valence electrons. The van der Waals surface area contributed by atoms with Gasteiger partial charge < -0.3 is 24.4 Å². The number of ether oxygens (including phenoxy) is 1. The number of nitrogens with zero attached hydrogens (tertiary/aromatic N) is 2. The topological polar surface area (TPSA) is 96.0 Å². The highest BCUT2D eigenvalue weighted by Crippen LogP contribution is 2.40. The van der Waals surface area contributed by atoms with E-state index in [9.17, 15) is 15.0 Å². The van der Waals surface area contributed by atoms with Gasteiger partial charge in [0.2, 0.25) is 0 Å². The lowest BCUT2D eigenvalue weighted by molar-refractivity contribution is -0.221. The van der Waals surface area contributed by atoms with E-state index in [2.05, 4.69) is 5.16 Å². The molecule has 4 rings (SSSR count). The van der Waals surface area contributed by atoms with E-state index >= 15 is 0 Å². The quantitative estimate of drug-likeness (QED) is 0.835. The number of hydrogen-bond acceptors (Lipinski definition) is 6. The van der Waals surface area contributed by atoms with Crippen LogP contribution in [0.15, 0.2) is 41.1 Å². The van der Waals surface area contributed by atoms with E-state index in [1.54, 1.807) is 11.8 Å². The van der Waals surface area contributed by atoms with Gasteiger partial charge in [0, 0.05) is 25.1 Å². The monoisotopic (exact) mass is 372 g/mol. The summed E-state index contributed by atoms with van der Waals surface area (Å²) in [5.41, 5.74) is -0.396. The lowest BCUT2D eigenvalue weighted by atomic mass is 9.76. The zero-order valence-electron chi connectivity index (χ0n) is 15.3. The van der Waals surface area contributed by atoms with Gasteiger partial charge >= 0.3 is 0 Å². The molecule has 1 amide bonds. The maximum absolute atomic E-state index is 13.0. The summed E-state index contributed by atoms with van der Waals surface area (Å²) in [6.45, 7) is 2.79. The van der Waals surface area contributed by atoms with Gasteiger partial charge in [-0.15, -0.1) is 0 Å². The predicted molar refractivity (Wildman–Crippen MR) is 97.0 cm³/mol. The van der Waals surface area contributed by atoms with E-state index in [0.717, 1.165) is 5.56 Å². The number of aliphatic hydroxyl groups excluding tert-OH is 1. The minimum atomic E-state index is -1.17. The van der Waals surface area contributed by atoms with Crippen molar-refractivity contribution in [2.24, 2.45) is 0 Å². The molecule has 1 aromatic heterocycles. The summed E-state index contributed by atoms with van der Waals surface area (Å²) < 4.78 is 11.2. The fraction of sp³-hybridized carbons (Fsp3) is 0.500. The number of amides is 1. The number of likely N-dealkylation sites (tertiary alicyclic amines) is 1. The predicted octanol–water partition coefficient (Wildman–Crippen LogP) is 1.85. The molecule has 2 aliphatic heterocycles. The van der Waals surface area contributed by atoms with E-state index < -0.39 is 17.3 Å². The molecule has 1 aromatic carbocycles. The molecule has 7 nitrogen and oxygen atoms in total. The number of rotatable bonds is 2. The number of hydrogen-bond donors (Lipinski definition) is 2. The SMILES string of the molecule is C[C@]1(O)CC2(CCN(C(=O)c3cnoc3-c3ccccc3)CC2)OC[C@@H]1O. The van der Waals surface area contributed by atoms with E-state index in [4.69, 9.17) is 9.26 Å². The molecule has 0 bridgehead atoms. The standard InChI is InChI=1S/C20H24N2O5/c1-19(25)13-20(26-12-16(19)23)7-9-22(10-8-20)18(24)15-11-21-27-17(15)14-5-3-2-4-6-14/h2-6,11,16,23,25H,7-10,12-13H2,1H3/t16-,19-/m0/s1. The molecule has 3 heterocycles. The average molecular weight is 372 g/mol. The Morgan fingerprint density at radius 1 is 1.26 bits per heavy atom. The van der Waals surface area contributed by atoms with Crippen LogP contribution in [0, 0.1) is 0 Å². The fourth-order valence-electron chi connectivity index (χ4n) is 4.05. The Kier molecular flexibility index (Phi) is 4.53. The molecule has 0 saturated carbocycles. The van der Waals surface area contributed by atoms with Crippen LogP contribution in [-0.2, 0) is 4.74 Å². The third-order valence-electron chi connectivity index (χ3n) is 5.74. The summed E-state index contributed by atoms with van der Waals surface area (Å²) >= 11 is 0. The first kappa shape index (κ1) is 18.2. The third-order valence-corrected chi connectivity index (χ3v) is 5.74. The van der Waals surface area contributed by atoms with Crippen LogP contribution in [0.4, 0.5) is 0 Å². The van der Waals surface area contributed by atoms with Gasteiger partial charge in [-0.3, -0.25) is 4.79 Å². The van der Waals surface area contributed by atoms with Crippen molar-refractivity contribution >= 4 is 5.91 Å². The zero-order valence-corrected chi connectivity index (χ0v) is 15.3. The van der Waals surface area contributed by atoms with E-state index in [0.29, 0.717) is 43.7 Å². The molecular weight excluding hydrogens is 348 g/mol. The number of carbonyl (C=O) groups excluding carboxylic acids is 1. The Labute approximate surface area is 157 Å². The Bertz CT molecular complexity index is 809. The second-order valence-corrected chi connectivity index (χ2v) is 7.77. The third kappa shape index (κ3) is 3.38. The first-order chi connectivity index (χ1) is 12.9. The molecule has 2 aromatic rings. The minimum absolute atomic E-state index is 0.116. The summed E-state index contributed by atoms with van der Waals surface area (Å²) in [5.74, 6) is 0.355. The van der Waals surface area contributed by atoms with E-state index in [1.165, 1.54) is 6.20 Å². The summed E-state index contributed by atoms with van der Waals surface area (Å²) in [5, 5.41) is 24.1. The Balaban J connectivity index is 1.47. The highest BCUT2D eigenvalue weighted by molar-refractivity contribution is 5.99. The number of aliphatic hydroxyl groups is 2. The van der Waals surface area contributed by atoms with Crippen LogP contribution in [0.25, 0.3) is 11.3 Å². The molecule has 0 unspecified atom stereocenters. The second kappa shape index (κ2) is 6.74. The van der Waals surface area contributed by atoms with Crippen molar-refractivity contribution in [3.05, 3.63) is 42.1 Å². The lowest BCUT2D eigenvalue weighted by Gasteiger charge is -2.49. The van der Waals surface area contributed by atoms with Crippen LogP contribution in [0.1, 0.15) is 36.5 Å². The van der Waals surface area contributed by atoms with Gasteiger partial charge in [-0.05, 0) is 19.8 Å². The molecule has 7 heteroatoms. The Hall–Kier alpha value is -2.22. The maximum atomic E-state index is 13.0. The number of benzene rings is 1. The van der Waals surface area contributed by atoms with Crippen molar-refractivity contribution in [2.45, 2.75) is 43.5 Å². The summed E-state index contributed by atoms with van der Waals surface area (Å²) in [4.78, 5) is 14.8. The van der Waals surface area contributed by atoms with Crippen molar-refractivity contribution in [1.82, 2.24) is 10.1 Å². The highest BCUT2D eigenvalue weighted by Gasteiger charge is 2.49. The average Bonchev–Trinajstić information content (AvgIpc) is 3.15. The van der Waals surface area contributed by atoms with Gasteiger partial charge in [0.15, 0.2) is 5.76 Å². The first-order valence-electron chi connectivity index (χ1n) is 9.24. The van der Waals surface area contributed by atoms with Crippen molar-refractivity contribution in [3.8, 4) is 11.3 Å². The summed E-state index contributed by atoms with van der Waals surface area (Å²) in [6, 6.07) is 9.44. The molecule has 1 spiro atoms. The van der Waals surface area contributed by atoms with E-state index in [1.807, 2.05) is 30.3 Å². The van der Waals surface area contributed by atoms with Gasteiger partial charge in [0.25, 0.3) is 5.91 Å². The van der Waals surface area contributed by atoms with Gasteiger partial charge in [-0.25, -0.2) is 0 Å². The highest BCUT2D eigenvalue weighted by atomic mass is 16.5. The van der Waals surface area contributed by atoms with Crippen LogP contribution >= 0.6 is 0 Å².